The summed E-state index contributed by atoms with van der Waals surface area (Å²) in [6, 6.07) is 7.08. The number of benzene rings is 1. The van der Waals surface area contributed by atoms with Gasteiger partial charge in [0.1, 0.15) is 12.4 Å². The van der Waals surface area contributed by atoms with Crippen molar-refractivity contribution >= 4 is 5.78 Å². The van der Waals surface area contributed by atoms with Crippen molar-refractivity contribution in [2.24, 2.45) is 0 Å². The number of Topliss-reactive ketones (excluding diaryl/α,β-unsaturated/α-hetero) is 1. The van der Waals surface area contributed by atoms with Gasteiger partial charge in [-0.2, -0.15) is 0 Å². The number of ether oxygens (including phenoxy) is 3. The van der Waals surface area contributed by atoms with Crippen molar-refractivity contribution in [3.63, 3.8) is 0 Å². The van der Waals surface area contributed by atoms with Crippen LogP contribution in [0.15, 0.2) is 24.3 Å². The Morgan fingerprint density at radius 1 is 1.00 bits per heavy atom. The number of hydrogen-bond donors (Lipinski definition) is 0. The molecule has 0 bridgehead atoms. The van der Waals surface area contributed by atoms with Crippen LogP contribution in [0.1, 0.15) is 24.2 Å². The lowest BCUT2D eigenvalue weighted by atomic mass is 10.1. The third kappa shape index (κ3) is 5.29. The molecule has 0 atom stereocenters. The van der Waals surface area contributed by atoms with E-state index in [1.807, 2.05) is 13.8 Å². The van der Waals surface area contributed by atoms with Gasteiger partial charge in [0.15, 0.2) is 5.78 Å². The van der Waals surface area contributed by atoms with E-state index in [0.29, 0.717) is 32.0 Å². The van der Waals surface area contributed by atoms with E-state index in [9.17, 15) is 4.79 Å². The highest BCUT2D eigenvalue weighted by Gasteiger charge is 2.05. The lowest BCUT2D eigenvalue weighted by Crippen LogP contribution is -2.12. The normalized spacial score (nSPS) is 10.3. The second-order valence-corrected chi connectivity index (χ2v) is 3.63. The van der Waals surface area contributed by atoms with Crippen LogP contribution < -0.4 is 4.74 Å². The summed E-state index contributed by atoms with van der Waals surface area (Å²) in [6.07, 6.45) is 0. The van der Waals surface area contributed by atoms with Gasteiger partial charge >= 0.3 is 0 Å². The minimum absolute atomic E-state index is 0.0328. The lowest BCUT2D eigenvalue weighted by Gasteiger charge is -2.05. The van der Waals surface area contributed by atoms with E-state index in [-0.39, 0.29) is 12.4 Å². The summed E-state index contributed by atoms with van der Waals surface area (Å²) in [5, 5.41) is 0. The standard InChI is InChI=1S/C14H20O4/c1-3-16-9-10-17-11-14(15)12-5-7-13(8-6-12)18-4-2/h5-8H,3-4,9-11H2,1-2H3. The highest BCUT2D eigenvalue weighted by atomic mass is 16.5. The van der Waals surface area contributed by atoms with Crippen LogP contribution in [0.3, 0.4) is 0 Å². The van der Waals surface area contributed by atoms with Crippen LogP contribution in [0.4, 0.5) is 0 Å². The van der Waals surface area contributed by atoms with E-state index in [0.717, 1.165) is 5.75 Å². The van der Waals surface area contributed by atoms with E-state index >= 15 is 0 Å². The van der Waals surface area contributed by atoms with Crippen LogP contribution in [0.2, 0.25) is 0 Å². The molecule has 18 heavy (non-hydrogen) atoms. The quantitative estimate of drug-likeness (QED) is 0.500. The molecule has 0 spiro atoms. The fourth-order valence-corrected chi connectivity index (χ4v) is 1.41. The fraction of sp³-hybridized carbons (Fsp3) is 0.500. The number of rotatable bonds is 9. The van der Waals surface area contributed by atoms with Crippen LogP contribution in [-0.2, 0) is 9.47 Å². The first-order valence-electron chi connectivity index (χ1n) is 6.19. The largest absolute Gasteiger partial charge is 0.494 e. The van der Waals surface area contributed by atoms with Gasteiger partial charge in [0.2, 0.25) is 0 Å². The van der Waals surface area contributed by atoms with E-state index < -0.39 is 0 Å². The van der Waals surface area contributed by atoms with E-state index in [1.54, 1.807) is 24.3 Å². The van der Waals surface area contributed by atoms with Gasteiger partial charge in [-0.3, -0.25) is 4.79 Å². The van der Waals surface area contributed by atoms with Crippen LogP contribution >= 0.6 is 0 Å². The molecule has 1 rings (SSSR count). The van der Waals surface area contributed by atoms with Gasteiger partial charge in [-0.1, -0.05) is 0 Å². The van der Waals surface area contributed by atoms with E-state index in [1.165, 1.54) is 0 Å². The van der Waals surface area contributed by atoms with Gasteiger partial charge in [-0.15, -0.1) is 0 Å². The van der Waals surface area contributed by atoms with Crippen LogP contribution in [-0.4, -0.2) is 38.8 Å². The number of hydrogen-bond acceptors (Lipinski definition) is 4. The second kappa shape index (κ2) is 8.66. The smallest absolute Gasteiger partial charge is 0.188 e. The van der Waals surface area contributed by atoms with Gasteiger partial charge in [0.05, 0.1) is 19.8 Å². The molecular formula is C14H20O4. The zero-order valence-corrected chi connectivity index (χ0v) is 11.0. The van der Waals surface area contributed by atoms with Crippen molar-refractivity contribution in [2.75, 3.05) is 33.0 Å². The summed E-state index contributed by atoms with van der Waals surface area (Å²) < 4.78 is 15.6. The molecule has 0 aliphatic carbocycles. The predicted molar refractivity (Wildman–Crippen MR) is 69.3 cm³/mol. The maximum atomic E-state index is 11.7. The summed E-state index contributed by atoms with van der Waals surface area (Å²) in [6.45, 7) is 6.17. The Balaban J connectivity index is 2.32. The number of ketones is 1. The Morgan fingerprint density at radius 2 is 1.67 bits per heavy atom. The fourth-order valence-electron chi connectivity index (χ4n) is 1.41. The Hall–Kier alpha value is -1.39. The van der Waals surface area contributed by atoms with Gasteiger partial charge in [0.25, 0.3) is 0 Å². The Bertz CT molecular complexity index is 345. The molecule has 0 aliphatic rings. The third-order valence-electron chi connectivity index (χ3n) is 2.30. The van der Waals surface area contributed by atoms with Crippen molar-refractivity contribution in [1.82, 2.24) is 0 Å². The molecule has 1 aromatic carbocycles. The summed E-state index contributed by atoms with van der Waals surface area (Å²) in [4.78, 5) is 11.7. The SMILES string of the molecule is CCOCCOCC(=O)c1ccc(OCC)cc1. The highest BCUT2D eigenvalue weighted by molar-refractivity contribution is 5.97. The molecule has 0 aliphatic heterocycles. The summed E-state index contributed by atoms with van der Waals surface area (Å²) in [7, 11) is 0. The molecule has 4 nitrogen and oxygen atoms in total. The molecule has 0 saturated heterocycles. The van der Waals surface area contributed by atoms with E-state index in [4.69, 9.17) is 14.2 Å². The van der Waals surface area contributed by atoms with Crippen LogP contribution in [0, 0.1) is 0 Å². The minimum Gasteiger partial charge on any atom is -0.494 e. The minimum atomic E-state index is -0.0328. The summed E-state index contributed by atoms with van der Waals surface area (Å²) in [5.74, 6) is 0.737. The Morgan fingerprint density at radius 3 is 2.28 bits per heavy atom. The van der Waals surface area contributed by atoms with Crippen molar-refractivity contribution in [2.45, 2.75) is 13.8 Å². The topological polar surface area (TPSA) is 44.8 Å². The molecule has 0 radical (unpaired) electrons. The zero-order valence-electron chi connectivity index (χ0n) is 11.0. The molecule has 0 unspecified atom stereocenters. The van der Waals surface area contributed by atoms with Crippen molar-refractivity contribution in [1.29, 1.82) is 0 Å². The van der Waals surface area contributed by atoms with Gasteiger partial charge in [0, 0.05) is 12.2 Å². The Kier molecular flexibility index (Phi) is 7.06. The maximum Gasteiger partial charge on any atom is 0.188 e. The predicted octanol–water partition coefficient (Wildman–Crippen LogP) is 2.32. The van der Waals surface area contributed by atoms with Crippen LogP contribution in [0.5, 0.6) is 5.75 Å². The van der Waals surface area contributed by atoms with Gasteiger partial charge in [-0.05, 0) is 38.1 Å². The van der Waals surface area contributed by atoms with Crippen molar-refractivity contribution in [3.8, 4) is 5.75 Å². The molecular weight excluding hydrogens is 232 g/mol. The molecule has 0 saturated carbocycles. The zero-order chi connectivity index (χ0) is 13.2. The maximum absolute atomic E-state index is 11.7. The monoisotopic (exact) mass is 252 g/mol. The molecule has 100 valence electrons. The average Bonchev–Trinajstić information content (AvgIpc) is 2.39. The molecule has 0 heterocycles. The molecule has 1 aromatic rings. The summed E-state index contributed by atoms with van der Waals surface area (Å²) in [5.41, 5.74) is 0.634. The molecule has 4 heteroatoms. The first kappa shape index (κ1) is 14.7. The molecule has 0 amide bonds. The van der Waals surface area contributed by atoms with Gasteiger partial charge < -0.3 is 14.2 Å². The van der Waals surface area contributed by atoms with Gasteiger partial charge in [-0.25, -0.2) is 0 Å². The molecule has 0 N–H and O–H groups in total. The third-order valence-corrected chi connectivity index (χ3v) is 2.30. The Labute approximate surface area is 108 Å². The highest BCUT2D eigenvalue weighted by Crippen LogP contribution is 2.12. The lowest BCUT2D eigenvalue weighted by molar-refractivity contribution is 0.0475. The second-order valence-electron chi connectivity index (χ2n) is 3.63. The van der Waals surface area contributed by atoms with Crippen molar-refractivity contribution < 1.29 is 19.0 Å². The van der Waals surface area contributed by atoms with E-state index in [2.05, 4.69) is 0 Å². The number of carbonyl (C=O) groups excluding carboxylic acids is 1. The molecule has 0 aromatic heterocycles. The average molecular weight is 252 g/mol. The summed E-state index contributed by atoms with van der Waals surface area (Å²) >= 11 is 0. The first-order chi connectivity index (χ1) is 8.77. The van der Waals surface area contributed by atoms with Crippen molar-refractivity contribution in [3.05, 3.63) is 29.8 Å². The number of carbonyl (C=O) groups is 1. The molecule has 0 fully saturated rings. The van der Waals surface area contributed by atoms with Crippen LogP contribution in [0.25, 0.3) is 0 Å². The first-order valence-corrected chi connectivity index (χ1v) is 6.19.